The molecule has 10 heteroatoms. The summed E-state index contributed by atoms with van der Waals surface area (Å²) in [5.74, 6) is -0.214. The van der Waals surface area contributed by atoms with Crippen molar-refractivity contribution in [3.63, 3.8) is 0 Å². The summed E-state index contributed by atoms with van der Waals surface area (Å²) in [5.41, 5.74) is 0.705. The topological polar surface area (TPSA) is 78.3 Å². The van der Waals surface area contributed by atoms with Crippen LogP contribution in [0.2, 0.25) is 0 Å². The molecule has 0 aliphatic rings. The van der Waals surface area contributed by atoms with Crippen LogP contribution in [0.1, 0.15) is 6.92 Å². The number of aromatic nitrogens is 3. The van der Waals surface area contributed by atoms with Gasteiger partial charge in [0, 0.05) is 18.2 Å². The molecule has 1 aromatic heterocycles. The van der Waals surface area contributed by atoms with Crippen molar-refractivity contribution in [2.75, 3.05) is 25.3 Å². The van der Waals surface area contributed by atoms with Crippen molar-refractivity contribution in [1.29, 1.82) is 0 Å². The van der Waals surface area contributed by atoms with Gasteiger partial charge in [-0.25, -0.2) is 8.78 Å². The fraction of sp³-hybridized carbons (Fsp3) is 0.250. The molecule has 3 rings (SSSR count). The highest BCUT2D eigenvalue weighted by molar-refractivity contribution is 7.99. The van der Waals surface area contributed by atoms with Gasteiger partial charge in [-0.1, -0.05) is 11.8 Å². The monoisotopic (exact) mass is 434 g/mol. The number of methoxy groups -OCH3 is 2. The van der Waals surface area contributed by atoms with Crippen molar-refractivity contribution >= 4 is 23.4 Å². The summed E-state index contributed by atoms with van der Waals surface area (Å²) in [6.07, 6.45) is 0. The Morgan fingerprint density at radius 1 is 1.10 bits per heavy atom. The van der Waals surface area contributed by atoms with Crippen LogP contribution in [0.3, 0.4) is 0 Å². The van der Waals surface area contributed by atoms with Gasteiger partial charge in [0.1, 0.15) is 11.6 Å². The number of hydrogen-bond acceptors (Lipinski definition) is 6. The number of anilines is 1. The van der Waals surface area contributed by atoms with E-state index in [1.54, 1.807) is 26.4 Å². The van der Waals surface area contributed by atoms with E-state index in [0.29, 0.717) is 35.1 Å². The lowest BCUT2D eigenvalue weighted by Crippen LogP contribution is -2.15. The highest BCUT2D eigenvalue weighted by Crippen LogP contribution is 2.32. The average molecular weight is 434 g/mol. The molecule has 1 heterocycles. The maximum atomic E-state index is 13.7. The molecule has 0 radical (unpaired) electrons. The Balaban J connectivity index is 1.73. The van der Waals surface area contributed by atoms with Crippen molar-refractivity contribution in [1.82, 2.24) is 14.8 Å². The van der Waals surface area contributed by atoms with Crippen molar-refractivity contribution < 1.29 is 23.0 Å². The molecule has 2 aromatic carbocycles. The van der Waals surface area contributed by atoms with E-state index >= 15 is 0 Å². The zero-order valence-electron chi connectivity index (χ0n) is 16.6. The lowest BCUT2D eigenvalue weighted by atomic mass is 10.2. The molecular formula is C20H20F2N4O3S. The average Bonchev–Trinajstić information content (AvgIpc) is 3.16. The number of nitrogens with one attached hydrogen (secondary N) is 1. The normalized spacial score (nSPS) is 10.7. The van der Waals surface area contributed by atoms with Crippen LogP contribution >= 0.6 is 11.8 Å². The van der Waals surface area contributed by atoms with E-state index in [0.717, 1.165) is 11.6 Å². The minimum atomic E-state index is -0.833. The Bertz CT molecular complexity index is 1060. The van der Waals surface area contributed by atoms with Crippen molar-refractivity contribution in [3.05, 3.63) is 48.0 Å². The van der Waals surface area contributed by atoms with Gasteiger partial charge < -0.3 is 19.4 Å². The first kappa shape index (κ1) is 21.6. The minimum absolute atomic E-state index is 0.0130. The first-order chi connectivity index (χ1) is 14.5. The van der Waals surface area contributed by atoms with Gasteiger partial charge in [0.25, 0.3) is 0 Å². The van der Waals surface area contributed by atoms with E-state index in [2.05, 4.69) is 15.5 Å². The molecule has 0 fully saturated rings. The molecule has 0 saturated heterocycles. The maximum Gasteiger partial charge on any atom is 0.234 e. The number of rotatable bonds is 8. The summed E-state index contributed by atoms with van der Waals surface area (Å²) in [6, 6.07) is 8.39. The quantitative estimate of drug-likeness (QED) is 0.540. The molecule has 158 valence electrons. The Labute approximate surface area is 176 Å². The lowest BCUT2D eigenvalue weighted by molar-refractivity contribution is -0.113. The molecule has 0 saturated carbocycles. The third-order valence-corrected chi connectivity index (χ3v) is 5.18. The van der Waals surface area contributed by atoms with E-state index < -0.39 is 17.5 Å². The second-order valence-electron chi connectivity index (χ2n) is 6.08. The Kier molecular flexibility index (Phi) is 6.88. The lowest BCUT2D eigenvalue weighted by Gasteiger charge is -2.11. The Morgan fingerprint density at radius 2 is 1.87 bits per heavy atom. The molecule has 1 N–H and O–H groups in total. The third-order valence-electron chi connectivity index (χ3n) is 4.21. The molecule has 0 spiro atoms. The highest BCUT2D eigenvalue weighted by Gasteiger charge is 2.17. The van der Waals surface area contributed by atoms with Crippen LogP contribution in [0.5, 0.6) is 11.5 Å². The number of carbonyl (C=O) groups excluding carboxylic acids is 1. The van der Waals surface area contributed by atoms with Gasteiger partial charge in [0.2, 0.25) is 5.91 Å². The summed E-state index contributed by atoms with van der Waals surface area (Å²) < 4.78 is 39.1. The van der Waals surface area contributed by atoms with Gasteiger partial charge in [-0.2, -0.15) is 0 Å². The Morgan fingerprint density at radius 3 is 2.53 bits per heavy atom. The molecular weight excluding hydrogens is 414 g/mol. The van der Waals surface area contributed by atoms with Crippen LogP contribution < -0.4 is 14.8 Å². The van der Waals surface area contributed by atoms with Gasteiger partial charge in [0.15, 0.2) is 22.5 Å². The maximum absolute atomic E-state index is 13.7. The fourth-order valence-corrected chi connectivity index (χ4v) is 3.58. The predicted octanol–water partition coefficient (Wildman–Crippen LogP) is 3.99. The fourth-order valence-electron chi connectivity index (χ4n) is 2.78. The van der Waals surface area contributed by atoms with Crippen LogP contribution in [0.25, 0.3) is 11.4 Å². The van der Waals surface area contributed by atoms with Crippen LogP contribution in [0, 0.1) is 11.6 Å². The molecule has 1 amide bonds. The zero-order valence-corrected chi connectivity index (χ0v) is 17.4. The molecule has 30 heavy (non-hydrogen) atoms. The van der Waals surface area contributed by atoms with Crippen molar-refractivity contribution in [2.24, 2.45) is 0 Å². The summed E-state index contributed by atoms with van der Waals surface area (Å²) >= 11 is 1.17. The van der Waals surface area contributed by atoms with Gasteiger partial charge in [-0.3, -0.25) is 4.79 Å². The summed E-state index contributed by atoms with van der Waals surface area (Å²) in [4.78, 5) is 12.2. The van der Waals surface area contributed by atoms with E-state index in [1.165, 1.54) is 17.8 Å². The Hall–Kier alpha value is -3.14. The minimum Gasteiger partial charge on any atom is -0.493 e. The molecule has 7 nitrogen and oxygen atoms in total. The molecule has 0 atom stereocenters. The number of hydrogen-bond donors (Lipinski definition) is 1. The zero-order chi connectivity index (χ0) is 21.7. The number of halogens is 2. The molecule has 0 bridgehead atoms. The first-order valence-electron chi connectivity index (χ1n) is 9.00. The van der Waals surface area contributed by atoms with E-state index in [4.69, 9.17) is 9.47 Å². The predicted molar refractivity (Wildman–Crippen MR) is 110 cm³/mol. The second-order valence-corrected chi connectivity index (χ2v) is 7.02. The number of thioether (sulfide) groups is 1. The molecule has 0 aliphatic carbocycles. The number of carbonyl (C=O) groups is 1. The summed E-state index contributed by atoms with van der Waals surface area (Å²) in [5, 5.41) is 11.4. The SMILES string of the molecule is CCn1c(SCC(=O)Nc2ccc(F)cc2F)nnc1-c1ccc(OC)c(OC)c1. The van der Waals surface area contributed by atoms with Crippen LogP contribution in [0.15, 0.2) is 41.6 Å². The van der Waals surface area contributed by atoms with Gasteiger partial charge in [0.05, 0.1) is 25.7 Å². The van der Waals surface area contributed by atoms with Crippen LogP contribution in [-0.2, 0) is 11.3 Å². The molecule has 0 unspecified atom stereocenters. The van der Waals surface area contributed by atoms with Gasteiger partial charge >= 0.3 is 0 Å². The molecule has 0 aliphatic heterocycles. The van der Waals surface area contributed by atoms with Crippen molar-refractivity contribution in [3.8, 4) is 22.9 Å². The van der Waals surface area contributed by atoms with E-state index in [9.17, 15) is 13.6 Å². The largest absolute Gasteiger partial charge is 0.493 e. The van der Waals surface area contributed by atoms with Crippen molar-refractivity contribution in [2.45, 2.75) is 18.6 Å². The summed E-state index contributed by atoms with van der Waals surface area (Å²) in [7, 11) is 3.11. The number of amides is 1. The van der Waals surface area contributed by atoms with Gasteiger partial charge in [-0.05, 0) is 37.3 Å². The highest BCUT2D eigenvalue weighted by atomic mass is 32.2. The van der Waals surface area contributed by atoms with E-state index in [1.807, 2.05) is 17.6 Å². The van der Waals surface area contributed by atoms with E-state index in [-0.39, 0.29) is 11.4 Å². The molecule has 3 aromatic rings. The number of nitrogens with zero attached hydrogens (tertiary/aromatic N) is 3. The number of benzene rings is 2. The second kappa shape index (κ2) is 9.57. The summed E-state index contributed by atoms with van der Waals surface area (Å²) in [6.45, 7) is 2.51. The van der Waals surface area contributed by atoms with Gasteiger partial charge in [-0.15, -0.1) is 10.2 Å². The first-order valence-corrected chi connectivity index (χ1v) is 9.98. The number of ether oxygens (including phenoxy) is 2. The third kappa shape index (κ3) is 4.70. The smallest absolute Gasteiger partial charge is 0.234 e. The van der Waals surface area contributed by atoms with Crippen LogP contribution in [0.4, 0.5) is 14.5 Å². The van der Waals surface area contributed by atoms with Crippen LogP contribution in [-0.4, -0.2) is 40.6 Å². The standard InChI is InChI=1S/C20H20F2N4O3S/c1-4-26-19(12-5-8-16(28-2)17(9-12)29-3)24-25-20(26)30-11-18(27)23-15-7-6-13(21)10-14(15)22/h5-10H,4,11H2,1-3H3,(H,23,27).